The van der Waals surface area contributed by atoms with Crippen molar-refractivity contribution in [2.24, 2.45) is 4.99 Å². The molecule has 0 radical (unpaired) electrons. The van der Waals surface area contributed by atoms with Crippen molar-refractivity contribution in [3.63, 3.8) is 0 Å². The van der Waals surface area contributed by atoms with Crippen LogP contribution < -0.4 is 9.22 Å². The van der Waals surface area contributed by atoms with Gasteiger partial charge in [-0.3, -0.25) is 0 Å². The van der Waals surface area contributed by atoms with E-state index < -0.39 is 34.1 Å². The second-order valence-electron chi connectivity index (χ2n) is 8.89. The Balaban J connectivity index is 1.74. The molecular weight excluding hydrogens is 457 g/mol. The molecule has 184 valence electrons. The van der Waals surface area contributed by atoms with Gasteiger partial charge in [-0.2, -0.15) is 4.79 Å². The molecule has 0 bridgehead atoms. The summed E-state index contributed by atoms with van der Waals surface area (Å²) in [6, 6.07) is 11.0. The van der Waals surface area contributed by atoms with Gasteiger partial charge in [0.2, 0.25) is 5.84 Å². The van der Waals surface area contributed by atoms with Crippen LogP contribution in [0.5, 0.6) is 5.75 Å². The zero-order valence-electron chi connectivity index (χ0n) is 19.9. The number of carbonyl (C=O) groups excluding carboxylic acids is 2. The lowest BCUT2D eigenvalue weighted by Crippen LogP contribution is -2.52. The third-order valence-electron chi connectivity index (χ3n) is 5.11. The van der Waals surface area contributed by atoms with E-state index in [0.717, 1.165) is 6.07 Å². The molecular formula is C25H27FN3O6+. The van der Waals surface area contributed by atoms with Gasteiger partial charge >= 0.3 is 18.2 Å². The fourth-order valence-electron chi connectivity index (χ4n) is 3.39. The highest BCUT2D eigenvalue weighted by Gasteiger charge is 2.46. The molecule has 0 fully saturated rings. The van der Waals surface area contributed by atoms with E-state index in [-0.39, 0.29) is 30.1 Å². The summed E-state index contributed by atoms with van der Waals surface area (Å²) in [4.78, 5) is 42.5. The SMILES string of the molecule is CN(CCC1=NC=C[N+]1(C(=O)O)c1ccc(OC(=O)c2cccc(F)c2)cc1)C(=O)OC(C)(C)C. The van der Waals surface area contributed by atoms with Crippen molar-refractivity contribution >= 4 is 29.7 Å². The molecule has 0 aromatic heterocycles. The van der Waals surface area contributed by atoms with E-state index >= 15 is 0 Å². The third-order valence-corrected chi connectivity index (χ3v) is 5.11. The maximum atomic E-state index is 13.4. The minimum atomic E-state index is -1.19. The molecule has 35 heavy (non-hydrogen) atoms. The molecule has 2 aromatic rings. The van der Waals surface area contributed by atoms with Crippen LogP contribution in [-0.2, 0) is 4.74 Å². The minimum Gasteiger partial charge on any atom is -0.444 e. The first kappa shape index (κ1) is 25.6. The quantitative estimate of drug-likeness (QED) is 0.345. The van der Waals surface area contributed by atoms with Crippen molar-refractivity contribution in [2.45, 2.75) is 32.8 Å². The molecule has 0 spiro atoms. The Kier molecular flexibility index (Phi) is 7.35. The highest BCUT2D eigenvalue weighted by Crippen LogP contribution is 2.32. The number of hydrogen-bond acceptors (Lipinski definition) is 6. The van der Waals surface area contributed by atoms with Crippen LogP contribution in [0.2, 0.25) is 0 Å². The first-order chi connectivity index (χ1) is 16.4. The van der Waals surface area contributed by atoms with Crippen LogP contribution >= 0.6 is 0 Å². The summed E-state index contributed by atoms with van der Waals surface area (Å²) >= 11 is 0. The highest BCUT2D eigenvalue weighted by molar-refractivity contribution is 6.11. The lowest BCUT2D eigenvalue weighted by molar-refractivity contribution is 0.0302. The number of aliphatic imine (C=N–C) groups is 1. The van der Waals surface area contributed by atoms with Gasteiger partial charge < -0.3 is 19.5 Å². The van der Waals surface area contributed by atoms with Gasteiger partial charge in [-0.05, 0) is 51.1 Å². The Labute approximate surface area is 202 Å². The zero-order chi connectivity index (χ0) is 25.8. The molecule has 3 rings (SSSR count). The Morgan fingerprint density at radius 2 is 1.80 bits per heavy atom. The summed E-state index contributed by atoms with van der Waals surface area (Å²) in [6.45, 7) is 5.46. The van der Waals surface area contributed by atoms with Crippen LogP contribution in [0.4, 0.5) is 19.7 Å². The largest absolute Gasteiger partial charge is 0.529 e. The third kappa shape index (κ3) is 5.90. The molecule has 0 aliphatic carbocycles. The predicted molar refractivity (Wildman–Crippen MR) is 128 cm³/mol. The summed E-state index contributed by atoms with van der Waals surface area (Å²) in [7, 11) is 1.56. The predicted octanol–water partition coefficient (Wildman–Crippen LogP) is 5.17. The molecule has 10 heteroatoms. The monoisotopic (exact) mass is 484 g/mol. The van der Waals surface area contributed by atoms with E-state index in [1.807, 2.05) is 0 Å². The second-order valence-corrected chi connectivity index (χ2v) is 8.89. The molecule has 0 saturated heterocycles. The van der Waals surface area contributed by atoms with E-state index in [1.54, 1.807) is 27.8 Å². The molecule has 9 nitrogen and oxygen atoms in total. The van der Waals surface area contributed by atoms with Crippen LogP contribution in [-0.4, -0.2) is 53.2 Å². The average molecular weight is 485 g/mol. The number of amidine groups is 1. The number of carboxylic acid groups (broad SMARTS) is 1. The number of quaternary nitrogens is 1. The molecule has 1 N–H and O–H groups in total. The molecule has 0 saturated carbocycles. The fraction of sp³-hybridized carbons (Fsp3) is 0.280. The van der Waals surface area contributed by atoms with Crippen LogP contribution in [0, 0.1) is 5.82 Å². The summed E-state index contributed by atoms with van der Waals surface area (Å²) in [5.41, 5.74) is -0.261. The molecule has 2 aromatic carbocycles. The summed E-state index contributed by atoms with van der Waals surface area (Å²) < 4.78 is 23.3. The maximum Gasteiger partial charge on any atom is 0.529 e. The maximum absolute atomic E-state index is 13.4. The van der Waals surface area contributed by atoms with E-state index in [1.165, 1.54) is 59.8 Å². The number of rotatable bonds is 6. The van der Waals surface area contributed by atoms with Gasteiger partial charge in [0.05, 0.1) is 18.2 Å². The summed E-state index contributed by atoms with van der Waals surface area (Å²) in [5, 5.41) is 10.1. The van der Waals surface area contributed by atoms with Crippen LogP contribution in [0.1, 0.15) is 37.6 Å². The number of nitrogens with zero attached hydrogens (tertiary/aromatic N) is 3. The molecule has 2 amide bonds. The topological polar surface area (TPSA) is 106 Å². The van der Waals surface area contributed by atoms with Crippen molar-refractivity contribution in [1.82, 2.24) is 9.38 Å². The Hall–Kier alpha value is -4.05. The molecule has 1 unspecified atom stereocenters. The summed E-state index contributed by atoms with van der Waals surface area (Å²) in [5.74, 6) is -0.851. The van der Waals surface area contributed by atoms with Gasteiger partial charge in [0.1, 0.15) is 23.4 Å². The first-order valence-corrected chi connectivity index (χ1v) is 10.8. The van der Waals surface area contributed by atoms with Gasteiger partial charge in [0.25, 0.3) is 0 Å². The second kappa shape index (κ2) is 10.1. The van der Waals surface area contributed by atoms with Crippen molar-refractivity contribution in [1.29, 1.82) is 0 Å². The van der Waals surface area contributed by atoms with Crippen molar-refractivity contribution in [3.05, 3.63) is 72.3 Å². The normalized spacial score (nSPS) is 17.0. The number of carbonyl (C=O) groups is 3. The molecule has 1 aliphatic heterocycles. The van der Waals surface area contributed by atoms with E-state index in [9.17, 15) is 23.9 Å². The van der Waals surface area contributed by atoms with Gasteiger partial charge in [-0.25, -0.2) is 19.0 Å². The van der Waals surface area contributed by atoms with Gasteiger partial charge in [-0.15, -0.1) is 4.48 Å². The number of benzene rings is 2. The minimum absolute atomic E-state index is 0.0501. The average Bonchev–Trinajstić information content (AvgIpc) is 3.22. The van der Waals surface area contributed by atoms with Crippen molar-refractivity contribution in [3.8, 4) is 5.75 Å². The Bertz CT molecular complexity index is 1190. The van der Waals surface area contributed by atoms with Crippen LogP contribution in [0.25, 0.3) is 0 Å². The number of halogens is 1. The van der Waals surface area contributed by atoms with Gasteiger partial charge in [0, 0.05) is 25.7 Å². The number of ether oxygens (including phenoxy) is 2. The van der Waals surface area contributed by atoms with Crippen LogP contribution in [0.3, 0.4) is 0 Å². The smallest absolute Gasteiger partial charge is 0.444 e. The van der Waals surface area contributed by atoms with E-state index in [4.69, 9.17) is 9.47 Å². The number of hydrogen-bond donors (Lipinski definition) is 1. The fourth-order valence-corrected chi connectivity index (χ4v) is 3.39. The first-order valence-electron chi connectivity index (χ1n) is 10.8. The number of esters is 1. The Morgan fingerprint density at radius 1 is 1.11 bits per heavy atom. The highest BCUT2D eigenvalue weighted by atomic mass is 19.1. The Morgan fingerprint density at radius 3 is 2.40 bits per heavy atom. The lowest BCUT2D eigenvalue weighted by atomic mass is 10.2. The zero-order valence-corrected chi connectivity index (χ0v) is 19.9. The van der Waals surface area contributed by atoms with Gasteiger partial charge in [-0.1, -0.05) is 6.07 Å². The molecule has 1 atom stereocenters. The molecule has 1 aliphatic rings. The standard InChI is InChI=1S/C25H26FN3O6/c1-25(2,3)35-23(31)28(4)14-12-21-27-13-15-29(21,24(32)33)19-8-10-20(11-9-19)34-22(30)17-6-5-7-18(26)16-17/h5-11,13,15-16H,12,14H2,1-4H3/p+1. The lowest BCUT2D eigenvalue weighted by Gasteiger charge is -2.28. The summed E-state index contributed by atoms with van der Waals surface area (Å²) in [6.07, 6.45) is 1.27. The molecule has 1 heterocycles. The van der Waals surface area contributed by atoms with Crippen molar-refractivity contribution < 1.29 is 33.4 Å². The number of amides is 2. The van der Waals surface area contributed by atoms with Crippen LogP contribution in [0.15, 0.2) is 65.9 Å². The van der Waals surface area contributed by atoms with Crippen molar-refractivity contribution in [2.75, 3.05) is 13.6 Å². The van der Waals surface area contributed by atoms with Gasteiger partial charge in [0.15, 0.2) is 5.69 Å². The van der Waals surface area contributed by atoms with E-state index in [0.29, 0.717) is 5.69 Å². The van der Waals surface area contributed by atoms with E-state index in [2.05, 4.69) is 4.99 Å².